The van der Waals surface area contributed by atoms with Gasteiger partial charge in [0.05, 0.1) is 31.8 Å². The predicted molar refractivity (Wildman–Crippen MR) is 69.4 cm³/mol. The lowest BCUT2D eigenvalue weighted by Gasteiger charge is -2.30. The Labute approximate surface area is 113 Å². The second kappa shape index (κ2) is 6.83. The zero-order chi connectivity index (χ0) is 14.5. The number of carbonyl (C=O) groups is 2. The molecule has 7 heteroatoms. The summed E-state index contributed by atoms with van der Waals surface area (Å²) in [6, 6.07) is -0.334. The number of hydrogen-bond acceptors (Lipinski definition) is 5. The van der Waals surface area contributed by atoms with Crippen molar-refractivity contribution in [1.82, 2.24) is 10.2 Å². The van der Waals surface area contributed by atoms with Crippen LogP contribution in [-0.4, -0.2) is 69.8 Å². The number of carbonyl (C=O) groups excluding carboxylic acids is 2. The lowest BCUT2D eigenvalue weighted by Crippen LogP contribution is -2.52. The molecule has 0 aromatic carbocycles. The number of rotatable bonds is 6. The van der Waals surface area contributed by atoms with Crippen molar-refractivity contribution >= 4 is 11.8 Å². The quantitative estimate of drug-likeness (QED) is 0.579. The molecule has 1 rings (SSSR count). The molecule has 1 aliphatic heterocycles. The average molecular weight is 273 g/mol. The van der Waals surface area contributed by atoms with Gasteiger partial charge in [0.25, 0.3) is 0 Å². The topological polar surface area (TPSA) is 93.9 Å². The van der Waals surface area contributed by atoms with Crippen molar-refractivity contribution in [3.8, 4) is 0 Å². The van der Waals surface area contributed by atoms with Crippen LogP contribution in [-0.2, 0) is 19.1 Å². The first-order valence-corrected chi connectivity index (χ1v) is 6.26. The Bertz CT molecular complexity index is 337. The molecule has 2 amide bonds. The molecule has 19 heavy (non-hydrogen) atoms. The van der Waals surface area contributed by atoms with E-state index >= 15 is 0 Å². The third-order valence-electron chi connectivity index (χ3n) is 3.36. The highest BCUT2D eigenvalue weighted by atomic mass is 16.5. The summed E-state index contributed by atoms with van der Waals surface area (Å²) in [6.45, 7) is 3.31. The molecule has 1 fully saturated rings. The lowest BCUT2D eigenvalue weighted by molar-refractivity contribution is -0.143. The molecular formula is C12H23N3O4. The molecule has 0 aliphatic carbocycles. The van der Waals surface area contributed by atoms with Gasteiger partial charge in [0.15, 0.2) is 0 Å². The second-order valence-electron chi connectivity index (χ2n) is 5.04. The van der Waals surface area contributed by atoms with Gasteiger partial charge in [0.2, 0.25) is 11.8 Å². The molecule has 7 nitrogen and oxygen atoms in total. The number of amides is 2. The molecule has 2 unspecified atom stereocenters. The van der Waals surface area contributed by atoms with Crippen LogP contribution in [0.15, 0.2) is 0 Å². The molecule has 2 atom stereocenters. The molecule has 110 valence electrons. The van der Waals surface area contributed by atoms with Crippen molar-refractivity contribution in [3.63, 3.8) is 0 Å². The smallest absolute Gasteiger partial charge is 0.239 e. The monoisotopic (exact) mass is 273 g/mol. The number of likely N-dealkylation sites (N-methyl/N-ethyl adjacent to an activating group) is 1. The van der Waals surface area contributed by atoms with E-state index < -0.39 is 5.41 Å². The summed E-state index contributed by atoms with van der Waals surface area (Å²) < 4.78 is 10.1. The highest BCUT2D eigenvalue weighted by Gasteiger charge is 2.45. The molecule has 0 bridgehead atoms. The van der Waals surface area contributed by atoms with E-state index in [1.807, 2.05) is 0 Å². The van der Waals surface area contributed by atoms with E-state index in [1.165, 1.54) is 4.90 Å². The minimum absolute atomic E-state index is 0.00482. The maximum absolute atomic E-state index is 12.3. The van der Waals surface area contributed by atoms with Crippen molar-refractivity contribution in [1.29, 1.82) is 0 Å². The van der Waals surface area contributed by atoms with Gasteiger partial charge in [0, 0.05) is 26.7 Å². The maximum Gasteiger partial charge on any atom is 0.239 e. The number of ether oxygens (including phenoxy) is 2. The summed E-state index contributed by atoms with van der Waals surface area (Å²) in [5, 5.41) is 2.66. The van der Waals surface area contributed by atoms with Crippen LogP contribution < -0.4 is 11.1 Å². The van der Waals surface area contributed by atoms with Gasteiger partial charge in [0.1, 0.15) is 0 Å². The first-order chi connectivity index (χ1) is 8.91. The van der Waals surface area contributed by atoms with E-state index in [0.717, 1.165) is 0 Å². The van der Waals surface area contributed by atoms with Crippen molar-refractivity contribution in [2.75, 3.05) is 47.1 Å². The lowest BCUT2D eigenvalue weighted by atomic mass is 9.84. The first kappa shape index (κ1) is 15.9. The highest BCUT2D eigenvalue weighted by molar-refractivity contribution is 5.88. The fourth-order valence-corrected chi connectivity index (χ4v) is 1.98. The van der Waals surface area contributed by atoms with Gasteiger partial charge in [-0.25, -0.2) is 0 Å². The van der Waals surface area contributed by atoms with Gasteiger partial charge in [-0.3, -0.25) is 9.59 Å². The normalized spacial score (nSPS) is 26.2. The van der Waals surface area contributed by atoms with Crippen LogP contribution >= 0.6 is 0 Å². The standard InChI is InChI=1S/C12H23N3O4/c1-12(8-19-7-9(12)13)11(17)15(2)6-10(16)14-4-5-18-3/h9H,4-8,13H2,1-3H3,(H,14,16). The highest BCUT2D eigenvalue weighted by Crippen LogP contribution is 2.28. The Morgan fingerprint density at radius 1 is 1.58 bits per heavy atom. The average Bonchev–Trinajstić information content (AvgIpc) is 2.70. The van der Waals surface area contributed by atoms with Crippen LogP contribution in [0.25, 0.3) is 0 Å². The minimum Gasteiger partial charge on any atom is -0.383 e. The third kappa shape index (κ3) is 3.89. The molecule has 0 saturated carbocycles. The summed E-state index contributed by atoms with van der Waals surface area (Å²) in [5.41, 5.74) is 5.14. The Morgan fingerprint density at radius 3 is 2.79 bits per heavy atom. The van der Waals surface area contributed by atoms with Gasteiger partial charge >= 0.3 is 0 Å². The number of hydrogen-bond donors (Lipinski definition) is 2. The van der Waals surface area contributed by atoms with E-state index in [-0.39, 0.29) is 24.4 Å². The summed E-state index contributed by atoms with van der Waals surface area (Å²) in [7, 11) is 3.15. The Kier molecular flexibility index (Phi) is 5.71. The zero-order valence-electron chi connectivity index (χ0n) is 11.8. The number of nitrogens with zero attached hydrogens (tertiary/aromatic N) is 1. The van der Waals surface area contributed by atoms with Gasteiger partial charge in [-0.1, -0.05) is 0 Å². The van der Waals surface area contributed by atoms with Crippen molar-refractivity contribution in [3.05, 3.63) is 0 Å². The van der Waals surface area contributed by atoms with Gasteiger partial charge in [-0.05, 0) is 6.92 Å². The molecule has 0 spiro atoms. The van der Waals surface area contributed by atoms with Crippen molar-refractivity contribution in [2.24, 2.45) is 11.1 Å². The molecule has 1 saturated heterocycles. The SMILES string of the molecule is COCCNC(=O)CN(C)C(=O)C1(C)COCC1N. The van der Waals surface area contributed by atoms with Crippen LogP contribution in [0.3, 0.4) is 0 Å². The molecule has 3 N–H and O–H groups in total. The summed E-state index contributed by atoms with van der Waals surface area (Å²) in [5.74, 6) is -0.386. The summed E-state index contributed by atoms with van der Waals surface area (Å²) in [6.07, 6.45) is 0. The minimum atomic E-state index is -0.748. The molecule has 0 radical (unpaired) electrons. The van der Waals surface area contributed by atoms with E-state index in [1.54, 1.807) is 21.1 Å². The maximum atomic E-state index is 12.3. The van der Waals surface area contributed by atoms with Gasteiger partial charge < -0.3 is 25.4 Å². The molecule has 1 heterocycles. The van der Waals surface area contributed by atoms with E-state index in [0.29, 0.717) is 26.4 Å². The van der Waals surface area contributed by atoms with E-state index in [4.69, 9.17) is 15.2 Å². The molecule has 0 aromatic heterocycles. The van der Waals surface area contributed by atoms with E-state index in [9.17, 15) is 9.59 Å². The second-order valence-corrected chi connectivity index (χ2v) is 5.04. The molecule has 0 aromatic rings. The summed E-state index contributed by atoms with van der Waals surface area (Å²) in [4.78, 5) is 25.3. The van der Waals surface area contributed by atoms with Crippen LogP contribution in [0, 0.1) is 5.41 Å². The fourth-order valence-electron chi connectivity index (χ4n) is 1.98. The van der Waals surface area contributed by atoms with Crippen LogP contribution in [0.5, 0.6) is 0 Å². The van der Waals surface area contributed by atoms with Crippen LogP contribution in [0.4, 0.5) is 0 Å². The van der Waals surface area contributed by atoms with Crippen LogP contribution in [0.1, 0.15) is 6.92 Å². The zero-order valence-corrected chi connectivity index (χ0v) is 11.8. The molecular weight excluding hydrogens is 250 g/mol. The Morgan fingerprint density at radius 2 is 2.26 bits per heavy atom. The van der Waals surface area contributed by atoms with Crippen molar-refractivity contribution in [2.45, 2.75) is 13.0 Å². The first-order valence-electron chi connectivity index (χ1n) is 6.26. The third-order valence-corrected chi connectivity index (χ3v) is 3.36. The van der Waals surface area contributed by atoms with Crippen LogP contribution in [0.2, 0.25) is 0 Å². The number of methoxy groups -OCH3 is 1. The van der Waals surface area contributed by atoms with Gasteiger partial charge in [-0.2, -0.15) is 0 Å². The number of nitrogens with one attached hydrogen (secondary N) is 1. The van der Waals surface area contributed by atoms with Gasteiger partial charge in [-0.15, -0.1) is 0 Å². The molecule has 1 aliphatic rings. The Hall–Kier alpha value is -1.18. The summed E-state index contributed by atoms with van der Waals surface area (Å²) >= 11 is 0. The predicted octanol–water partition coefficient (Wildman–Crippen LogP) is -1.43. The number of nitrogens with two attached hydrogens (primary N) is 1. The fraction of sp³-hybridized carbons (Fsp3) is 0.833. The van der Waals surface area contributed by atoms with E-state index in [2.05, 4.69) is 5.32 Å². The Balaban J connectivity index is 2.46. The van der Waals surface area contributed by atoms with Crippen molar-refractivity contribution < 1.29 is 19.1 Å². The largest absolute Gasteiger partial charge is 0.383 e.